The number of anilines is 1. The molecule has 26 heavy (non-hydrogen) atoms. The number of thioether (sulfide) groups is 1. The van der Waals surface area contributed by atoms with Crippen molar-refractivity contribution in [2.75, 3.05) is 23.4 Å². The number of carbonyl (C=O) groups is 1. The van der Waals surface area contributed by atoms with E-state index < -0.39 is 15.9 Å². The number of amides is 1. The summed E-state index contributed by atoms with van der Waals surface area (Å²) in [7, 11) is -3.63. The van der Waals surface area contributed by atoms with Crippen molar-refractivity contribution >= 4 is 55.5 Å². The summed E-state index contributed by atoms with van der Waals surface area (Å²) in [5.74, 6) is -0.539. The lowest BCUT2D eigenvalue weighted by molar-refractivity contribution is -0.119. The van der Waals surface area contributed by atoms with Crippen molar-refractivity contribution in [3.8, 4) is 0 Å². The number of rotatable bonds is 7. The first-order valence-corrected chi connectivity index (χ1v) is 11.4. The van der Waals surface area contributed by atoms with Gasteiger partial charge in [-0.2, -0.15) is 5.10 Å². The Morgan fingerprint density at radius 1 is 1.23 bits per heavy atom. The fraction of sp³-hybridized carbons (Fsp3) is 0.176. The Bertz CT molecular complexity index is 900. The molecule has 2 rings (SSSR count). The molecule has 0 aromatic heterocycles. The van der Waals surface area contributed by atoms with E-state index in [2.05, 4.69) is 26.5 Å². The van der Waals surface area contributed by atoms with Crippen molar-refractivity contribution in [3.63, 3.8) is 0 Å². The average Bonchev–Trinajstić information content (AvgIpc) is 2.60. The van der Waals surface area contributed by atoms with Gasteiger partial charge in [-0.05, 0) is 52.0 Å². The first-order chi connectivity index (χ1) is 12.3. The number of hydrogen-bond donors (Lipinski definition) is 1. The molecule has 1 amide bonds. The molecule has 0 saturated heterocycles. The average molecular weight is 456 g/mol. The zero-order valence-corrected chi connectivity index (χ0v) is 17.4. The lowest BCUT2D eigenvalue weighted by Crippen LogP contribution is -2.39. The van der Waals surface area contributed by atoms with E-state index in [9.17, 15) is 13.2 Å². The van der Waals surface area contributed by atoms with Crippen molar-refractivity contribution < 1.29 is 13.2 Å². The highest BCUT2D eigenvalue weighted by Crippen LogP contribution is 2.27. The molecule has 0 bridgehead atoms. The largest absolute Gasteiger partial charge is 0.271 e. The third-order valence-corrected chi connectivity index (χ3v) is 5.87. The number of sulfonamides is 1. The number of hydrazone groups is 1. The number of hydrogen-bond acceptors (Lipinski definition) is 5. The second-order valence-corrected chi connectivity index (χ2v) is 8.93. The molecule has 0 aliphatic heterocycles. The minimum atomic E-state index is -3.63. The van der Waals surface area contributed by atoms with Crippen LogP contribution in [-0.2, 0) is 14.8 Å². The fourth-order valence-corrected chi connectivity index (χ4v) is 3.96. The molecular weight excluding hydrogens is 438 g/mol. The van der Waals surface area contributed by atoms with Gasteiger partial charge in [0.15, 0.2) is 0 Å². The van der Waals surface area contributed by atoms with Crippen LogP contribution in [0, 0.1) is 0 Å². The number of nitrogens with one attached hydrogen (secondary N) is 1. The molecule has 0 heterocycles. The monoisotopic (exact) mass is 455 g/mol. The van der Waals surface area contributed by atoms with E-state index in [1.807, 2.05) is 30.5 Å². The van der Waals surface area contributed by atoms with Crippen molar-refractivity contribution in [2.45, 2.75) is 4.90 Å². The van der Waals surface area contributed by atoms with Crippen LogP contribution in [0.5, 0.6) is 0 Å². The maximum Gasteiger partial charge on any atom is 0.260 e. The van der Waals surface area contributed by atoms with E-state index in [1.54, 1.807) is 36.0 Å². The first kappa shape index (κ1) is 20.5. The third kappa shape index (κ3) is 5.86. The van der Waals surface area contributed by atoms with Gasteiger partial charge in [0.2, 0.25) is 10.0 Å². The zero-order valence-electron chi connectivity index (χ0n) is 14.2. The predicted octanol–water partition coefficient (Wildman–Crippen LogP) is 3.09. The molecule has 9 heteroatoms. The molecule has 6 nitrogen and oxygen atoms in total. The highest BCUT2D eigenvalue weighted by molar-refractivity contribution is 9.10. The highest BCUT2D eigenvalue weighted by Gasteiger charge is 2.22. The van der Waals surface area contributed by atoms with Crippen molar-refractivity contribution in [1.82, 2.24) is 5.43 Å². The number of para-hydroxylation sites is 1. The molecule has 0 aliphatic rings. The van der Waals surface area contributed by atoms with Gasteiger partial charge in [0, 0.05) is 9.37 Å². The summed E-state index contributed by atoms with van der Waals surface area (Å²) in [4.78, 5) is 13.3. The molecule has 0 fully saturated rings. The Balaban J connectivity index is 2.05. The van der Waals surface area contributed by atoms with E-state index >= 15 is 0 Å². The van der Waals surface area contributed by atoms with Gasteiger partial charge in [-0.25, -0.2) is 13.8 Å². The van der Waals surface area contributed by atoms with Gasteiger partial charge < -0.3 is 0 Å². The molecule has 0 spiro atoms. The van der Waals surface area contributed by atoms with Crippen LogP contribution in [0.1, 0.15) is 5.56 Å². The van der Waals surface area contributed by atoms with Gasteiger partial charge in [-0.15, -0.1) is 11.8 Å². The summed E-state index contributed by atoms with van der Waals surface area (Å²) in [5.41, 5.74) is 3.57. The van der Waals surface area contributed by atoms with E-state index in [-0.39, 0.29) is 6.54 Å². The number of carbonyl (C=O) groups excluding carboxylic acids is 1. The third-order valence-electron chi connectivity index (χ3n) is 3.33. The molecule has 0 saturated carbocycles. The van der Waals surface area contributed by atoms with Gasteiger partial charge in [0.25, 0.3) is 5.91 Å². The van der Waals surface area contributed by atoms with Crippen LogP contribution in [0.3, 0.4) is 0 Å². The zero-order chi connectivity index (χ0) is 19.2. The summed E-state index contributed by atoms with van der Waals surface area (Å²) in [6, 6.07) is 14.5. The molecule has 138 valence electrons. The summed E-state index contributed by atoms with van der Waals surface area (Å²) < 4.78 is 25.7. The van der Waals surface area contributed by atoms with E-state index in [0.29, 0.717) is 10.2 Å². The Morgan fingerprint density at radius 2 is 1.88 bits per heavy atom. The van der Waals surface area contributed by atoms with Crippen LogP contribution in [0.4, 0.5) is 5.69 Å². The first-order valence-electron chi connectivity index (χ1n) is 7.49. The summed E-state index contributed by atoms with van der Waals surface area (Å²) in [6.45, 7) is -0.371. The number of benzene rings is 2. The molecule has 2 aromatic carbocycles. The highest BCUT2D eigenvalue weighted by atomic mass is 79.9. The van der Waals surface area contributed by atoms with Gasteiger partial charge in [0.1, 0.15) is 6.54 Å². The maximum atomic E-state index is 12.1. The minimum Gasteiger partial charge on any atom is -0.271 e. The minimum absolute atomic E-state index is 0.371. The van der Waals surface area contributed by atoms with Crippen LogP contribution in [-0.4, -0.2) is 39.6 Å². The van der Waals surface area contributed by atoms with Crippen molar-refractivity contribution in [2.24, 2.45) is 5.10 Å². The standard InChI is InChI=1S/C17H18BrN3O3S2/c1-25-14-9-7-13(8-10-14)11-19-20-17(22)12-21(26(2,23)24)16-6-4-3-5-15(16)18/h3-11H,12H2,1-2H3,(H,20,22)/b19-11-. The second-order valence-electron chi connectivity index (χ2n) is 5.29. The van der Waals surface area contributed by atoms with E-state index in [1.165, 1.54) is 6.21 Å². The Kier molecular flexibility index (Phi) is 7.24. The molecular formula is C17H18BrN3O3S2. The van der Waals surface area contributed by atoms with Gasteiger partial charge in [-0.3, -0.25) is 9.10 Å². The smallest absolute Gasteiger partial charge is 0.260 e. The van der Waals surface area contributed by atoms with E-state index in [4.69, 9.17) is 0 Å². The quantitative estimate of drug-likeness (QED) is 0.395. The molecule has 0 atom stereocenters. The van der Waals surface area contributed by atoms with Crippen LogP contribution in [0.25, 0.3) is 0 Å². The predicted molar refractivity (Wildman–Crippen MR) is 110 cm³/mol. The Hall–Kier alpha value is -1.84. The number of nitrogens with zero attached hydrogens (tertiary/aromatic N) is 2. The van der Waals surface area contributed by atoms with Gasteiger partial charge in [0.05, 0.1) is 18.2 Å². The van der Waals surface area contributed by atoms with E-state index in [0.717, 1.165) is 21.0 Å². The molecule has 0 aliphatic carbocycles. The number of halogens is 1. The summed E-state index contributed by atoms with van der Waals surface area (Å²) >= 11 is 4.94. The lowest BCUT2D eigenvalue weighted by atomic mass is 10.2. The van der Waals surface area contributed by atoms with Gasteiger partial charge in [-0.1, -0.05) is 24.3 Å². The maximum absolute atomic E-state index is 12.1. The normalized spacial score (nSPS) is 11.5. The lowest BCUT2D eigenvalue weighted by Gasteiger charge is -2.22. The van der Waals surface area contributed by atoms with Crippen molar-refractivity contribution in [3.05, 3.63) is 58.6 Å². The van der Waals surface area contributed by atoms with Gasteiger partial charge >= 0.3 is 0 Å². The molecule has 0 radical (unpaired) electrons. The van der Waals surface area contributed by atoms with Crippen LogP contribution >= 0.6 is 27.7 Å². The topological polar surface area (TPSA) is 78.8 Å². The van der Waals surface area contributed by atoms with Crippen molar-refractivity contribution in [1.29, 1.82) is 0 Å². The molecule has 2 aromatic rings. The van der Waals surface area contributed by atoms with Crippen LogP contribution < -0.4 is 9.73 Å². The molecule has 1 N–H and O–H groups in total. The second kappa shape index (κ2) is 9.20. The summed E-state index contributed by atoms with van der Waals surface area (Å²) in [5, 5.41) is 3.88. The fourth-order valence-electron chi connectivity index (χ4n) is 2.07. The van der Waals surface area contributed by atoms with Crippen LogP contribution in [0.15, 0.2) is 63.0 Å². The Morgan fingerprint density at radius 3 is 2.46 bits per heavy atom. The SMILES string of the molecule is CSc1ccc(/C=N\NC(=O)CN(c2ccccc2Br)S(C)(=O)=O)cc1. The Labute approximate surface area is 165 Å². The van der Waals surface area contributed by atoms with Crippen LogP contribution in [0.2, 0.25) is 0 Å². The summed E-state index contributed by atoms with van der Waals surface area (Å²) in [6.07, 6.45) is 4.55. The molecule has 0 unspecified atom stereocenters.